The second-order valence-electron chi connectivity index (χ2n) is 6.16. The van der Waals surface area contributed by atoms with Crippen molar-refractivity contribution in [3.63, 3.8) is 0 Å². The topological polar surface area (TPSA) is 82.5 Å². The number of carboxylic acid groups (broad SMARTS) is 1. The Morgan fingerprint density at radius 1 is 1.12 bits per heavy atom. The highest BCUT2D eigenvalue weighted by Crippen LogP contribution is 2.31. The van der Waals surface area contributed by atoms with E-state index in [-0.39, 0.29) is 18.1 Å². The van der Waals surface area contributed by atoms with Crippen molar-refractivity contribution in [1.29, 1.82) is 0 Å². The molecule has 2 aromatic carbocycles. The maximum Gasteiger partial charge on any atom is 0.336 e. The van der Waals surface area contributed by atoms with Crippen LogP contribution in [0.25, 0.3) is 22.2 Å². The monoisotopic (exact) mass is 347 g/mol. The molecular weight excluding hydrogens is 330 g/mol. The van der Waals surface area contributed by atoms with Crippen molar-refractivity contribution >= 4 is 22.9 Å². The van der Waals surface area contributed by atoms with Crippen molar-refractivity contribution in [2.45, 2.75) is 6.54 Å². The van der Waals surface area contributed by atoms with Crippen LogP contribution in [0, 0.1) is 0 Å². The third kappa shape index (κ3) is 2.75. The van der Waals surface area contributed by atoms with Gasteiger partial charge in [-0.3, -0.25) is 0 Å². The summed E-state index contributed by atoms with van der Waals surface area (Å²) < 4.78 is 0. The SMILES string of the molecule is O=C(O)c1c(CN2CCNC2=O)c(-c2ccccc2)nc2ccccc12. The Kier molecular flexibility index (Phi) is 4.01. The Morgan fingerprint density at radius 2 is 1.85 bits per heavy atom. The summed E-state index contributed by atoms with van der Waals surface area (Å²) in [4.78, 5) is 30.5. The molecule has 0 spiro atoms. The molecule has 0 aliphatic carbocycles. The number of pyridine rings is 1. The van der Waals surface area contributed by atoms with E-state index < -0.39 is 5.97 Å². The lowest BCUT2D eigenvalue weighted by atomic mass is 9.96. The van der Waals surface area contributed by atoms with Gasteiger partial charge in [0, 0.05) is 29.6 Å². The molecule has 6 nitrogen and oxygen atoms in total. The van der Waals surface area contributed by atoms with Gasteiger partial charge in [0.2, 0.25) is 0 Å². The zero-order valence-electron chi connectivity index (χ0n) is 14.0. The molecule has 4 rings (SSSR count). The van der Waals surface area contributed by atoms with Crippen molar-refractivity contribution in [3.8, 4) is 11.3 Å². The summed E-state index contributed by atoms with van der Waals surface area (Å²) in [6.45, 7) is 1.30. The van der Waals surface area contributed by atoms with Crippen molar-refractivity contribution in [3.05, 3.63) is 65.7 Å². The van der Waals surface area contributed by atoms with Crippen LogP contribution >= 0.6 is 0 Å². The highest BCUT2D eigenvalue weighted by atomic mass is 16.4. The summed E-state index contributed by atoms with van der Waals surface area (Å²) in [5.74, 6) is -1.02. The molecular formula is C20H17N3O3. The number of carbonyl (C=O) groups excluding carboxylic acids is 1. The van der Waals surface area contributed by atoms with Gasteiger partial charge in [-0.05, 0) is 6.07 Å². The molecule has 6 heteroatoms. The Hall–Kier alpha value is -3.41. The van der Waals surface area contributed by atoms with Gasteiger partial charge in [0.15, 0.2) is 0 Å². The van der Waals surface area contributed by atoms with Crippen LogP contribution in [0.1, 0.15) is 15.9 Å². The minimum Gasteiger partial charge on any atom is -0.478 e. The summed E-state index contributed by atoms with van der Waals surface area (Å²) in [6.07, 6.45) is 0. The molecule has 0 bridgehead atoms. The number of nitrogens with zero attached hydrogens (tertiary/aromatic N) is 2. The number of fused-ring (bicyclic) bond motifs is 1. The fourth-order valence-corrected chi connectivity index (χ4v) is 3.34. The normalized spacial score (nSPS) is 13.8. The standard InChI is InChI=1S/C20H17N3O3/c24-19(25)17-14-8-4-5-9-16(14)22-18(13-6-2-1-3-7-13)15(17)12-23-11-10-21-20(23)26/h1-9H,10-12H2,(H,21,26)(H,24,25). The van der Waals surface area contributed by atoms with Gasteiger partial charge in [-0.25, -0.2) is 14.6 Å². The second kappa shape index (κ2) is 6.48. The first kappa shape index (κ1) is 16.1. The molecule has 1 aromatic heterocycles. The van der Waals surface area contributed by atoms with Gasteiger partial charge in [-0.15, -0.1) is 0 Å². The second-order valence-corrected chi connectivity index (χ2v) is 6.16. The number of para-hydroxylation sites is 1. The number of rotatable bonds is 4. The Balaban J connectivity index is 1.99. The van der Waals surface area contributed by atoms with Gasteiger partial charge in [0.1, 0.15) is 0 Å². The first-order valence-corrected chi connectivity index (χ1v) is 8.38. The van der Waals surface area contributed by atoms with E-state index in [1.165, 1.54) is 0 Å². The Labute approximate surface area is 150 Å². The van der Waals surface area contributed by atoms with Crippen molar-refractivity contribution in [2.24, 2.45) is 0 Å². The lowest BCUT2D eigenvalue weighted by molar-refractivity contribution is 0.0697. The highest BCUT2D eigenvalue weighted by molar-refractivity contribution is 6.05. The average Bonchev–Trinajstić information content (AvgIpc) is 3.06. The summed E-state index contributed by atoms with van der Waals surface area (Å²) in [6, 6.07) is 16.5. The highest BCUT2D eigenvalue weighted by Gasteiger charge is 2.26. The smallest absolute Gasteiger partial charge is 0.336 e. The molecule has 2 amide bonds. The minimum absolute atomic E-state index is 0.187. The predicted octanol–water partition coefficient (Wildman–Crippen LogP) is 3.13. The van der Waals surface area contributed by atoms with Crippen LogP contribution in [0.15, 0.2) is 54.6 Å². The molecule has 0 radical (unpaired) electrons. The number of hydrogen-bond donors (Lipinski definition) is 2. The van der Waals surface area contributed by atoms with Crippen LogP contribution in [-0.4, -0.2) is 40.1 Å². The molecule has 2 heterocycles. The van der Waals surface area contributed by atoms with Gasteiger partial charge in [0.05, 0.1) is 23.3 Å². The van der Waals surface area contributed by atoms with E-state index in [0.29, 0.717) is 35.2 Å². The molecule has 1 saturated heterocycles. The predicted molar refractivity (Wildman–Crippen MR) is 97.9 cm³/mol. The van der Waals surface area contributed by atoms with Crippen molar-refractivity contribution in [2.75, 3.05) is 13.1 Å². The molecule has 0 unspecified atom stereocenters. The molecule has 130 valence electrons. The molecule has 26 heavy (non-hydrogen) atoms. The van der Waals surface area contributed by atoms with Crippen LogP contribution < -0.4 is 5.32 Å². The van der Waals surface area contributed by atoms with E-state index in [9.17, 15) is 14.7 Å². The van der Waals surface area contributed by atoms with Gasteiger partial charge in [-0.2, -0.15) is 0 Å². The van der Waals surface area contributed by atoms with E-state index >= 15 is 0 Å². The first-order valence-electron chi connectivity index (χ1n) is 8.38. The lowest BCUT2D eigenvalue weighted by Gasteiger charge is -2.20. The fraction of sp³-hybridized carbons (Fsp3) is 0.150. The number of carboxylic acids is 1. The summed E-state index contributed by atoms with van der Waals surface area (Å²) >= 11 is 0. The summed E-state index contributed by atoms with van der Waals surface area (Å²) in [7, 11) is 0. The number of amides is 2. The van der Waals surface area contributed by atoms with Gasteiger partial charge < -0.3 is 15.3 Å². The minimum atomic E-state index is -1.02. The lowest BCUT2D eigenvalue weighted by Crippen LogP contribution is -2.29. The van der Waals surface area contributed by atoms with Crippen molar-refractivity contribution < 1.29 is 14.7 Å². The number of carbonyl (C=O) groups is 2. The zero-order valence-corrected chi connectivity index (χ0v) is 14.0. The number of benzene rings is 2. The maximum atomic E-state index is 12.1. The Bertz CT molecular complexity index is 1000. The van der Waals surface area contributed by atoms with Crippen LogP contribution in [0.5, 0.6) is 0 Å². The number of urea groups is 1. The van der Waals surface area contributed by atoms with E-state index in [2.05, 4.69) is 5.32 Å². The molecule has 0 saturated carbocycles. The maximum absolute atomic E-state index is 12.1. The first-order chi connectivity index (χ1) is 12.6. The van der Waals surface area contributed by atoms with Gasteiger partial charge in [0.25, 0.3) is 0 Å². The summed E-state index contributed by atoms with van der Waals surface area (Å²) in [5.41, 5.74) is 2.81. The molecule has 1 aliphatic rings. The molecule has 3 aromatic rings. The van der Waals surface area contributed by atoms with Gasteiger partial charge >= 0.3 is 12.0 Å². The third-order valence-corrected chi connectivity index (χ3v) is 4.55. The van der Waals surface area contributed by atoms with Crippen LogP contribution in [-0.2, 0) is 6.54 Å². The molecule has 2 N–H and O–H groups in total. The Morgan fingerprint density at radius 3 is 2.54 bits per heavy atom. The van der Waals surface area contributed by atoms with Crippen LogP contribution in [0.2, 0.25) is 0 Å². The average molecular weight is 347 g/mol. The van der Waals surface area contributed by atoms with E-state index in [0.717, 1.165) is 5.56 Å². The quantitative estimate of drug-likeness (QED) is 0.760. The number of hydrogen-bond acceptors (Lipinski definition) is 3. The largest absolute Gasteiger partial charge is 0.478 e. The van der Waals surface area contributed by atoms with E-state index in [4.69, 9.17) is 4.98 Å². The number of nitrogens with one attached hydrogen (secondary N) is 1. The number of aromatic carboxylic acids is 1. The third-order valence-electron chi connectivity index (χ3n) is 4.55. The fourth-order valence-electron chi connectivity index (χ4n) is 3.34. The van der Waals surface area contributed by atoms with E-state index in [1.54, 1.807) is 23.1 Å². The van der Waals surface area contributed by atoms with E-state index in [1.807, 2.05) is 36.4 Å². The van der Waals surface area contributed by atoms with Gasteiger partial charge in [-0.1, -0.05) is 48.5 Å². The van der Waals surface area contributed by atoms with Crippen LogP contribution in [0.4, 0.5) is 4.79 Å². The molecule has 0 atom stereocenters. The number of aromatic nitrogens is 1. The molecule has 1 fully saturated rings. The van der Waals surface area contributed by atoms with Crippen LogP contribution in [0.3, 0.4) is 0 Å². The van der Waals surface area contributed by atoms with Crippen molar-refractivity contribution in [1.82, 2.24) is 15.2 Å². The zero-order chi connectivity index (χ0) is 18.1. The molecule has 1 aliphatic heterocycles. The summed E-state index contributed by atoms with van der Waals surface area (Å²) in [5, 5.41) is 13.3.